The summed E-state index contributed by atoms with van der Waals surface area (Å²) in [6.07, 6.45) is 2.98. The maximum absolute atomic E-state index is 12.9. The average Bonchev–Trinajstić information content (AvgIpc) is 2.79. The summed E-state index contributed by atoms with van der Waals surface area (Å²) in [5.74, 6) is -0.871. The Labute approximate surface area is 187 Å². The van der Waals surface area contributed by atoms with Gasteiger partial charge in [0.2, 0.25) is 5.91 Å². The van der Waals surface area contributed by atoms with E-state index in [2.05, 4.69) is 22.9 Å². The van der Waals surface area contributed by atoms with E-state index in [1.54, 1.807) is 24.3 Å². The first-order chi connectivity index (χ1) is 15.3. The Hall–Kier alpha value is -3.48. The van der Waals surface area contributed by atoms with Gasteiger partial charge in [-0.25, -0.2) is 4.68 Å². The van der Waals surface area contributed by atoms with Gasteiger partial charge in [0.15, 0.2) is 5.69 Å². The van der Waals surface area contributed by atoms with Crippen LogP contribution in [0.2, 0.25) is 0 Å². The fourth-order valence-electron chi connectivity index (χ4n) is 3.69. The lowest BCUT2D eigenvalue weighted by atomic mass is 9.81. The molecule has 0 fully saturated rings. The predicted octanol–water partition coefficient (Wildman–Crippen LogP) is 3.72. The molecule has 32 heavy (non-hydrogen) atoms. The summed E-state index contributed by atoms with van der Waals surface area (Å²) in [6.45, 7) is 6.47. The summed E-state index contributed by atoms with van der Waals surface area (Å²) in [5.41, 5.74) is 5.48. The van der Waals surface area contributed by atoms with E-state index in [0.29, 0.717) is 17.3 Å². The SMILES string of the molecule is CCCCCn1nc(C(=O)NNC(=O)CC(C)(C)c2ccccc2)c2ccccc2c1=O. The molecule has 0 saturated carbocycles. The molecule has 168 valence electrons. The predicted molar refractivity (Wildman–Crippen MR) is 125 cm³/mol. The number of hydrazine groups is 1. The number of benzene rings is 2. The van der Waals surface area contributed by atoms with Crippen molar-refractivity contribution in [3.63, 3.8) is 0 Å². The van der Waals surface area contributed by atoms with E-state index in [4.69, 9.17) is 0 Å². The van der Waals surface area contributed by atoms with Crippen LogP contribution in [0.25, 0.3) is 10.8 Å². The molecule has 3 aromatic rings. The van der Waals surface area contributed by atoms with E-state index >= 15 is 0 Å². The molecule has 7 heteroatoms. The van der Waals surface area contributed by atoms with Gasteiger partial charge >= 0.3 is 0 Å². The molecule has 0 spiro atoms. The third-order valence-electron chi connectivity index (χ3n) is 5.53. The fraction of sp³-hybridized carbons (Fsp3) is 0.360. The van der Waals surface area contributed by atoms with E-state index in [9.17, 15) is 14.4 Å². The smallest absolute Gasteiger partial charge is 0.273 e. The van der Waals surface area contributed by atoms with Gasteiger partial charge in [-0.15, -0.1) is 0 Å². The molecule has 2 N–H and O–H groups in total. The van der Waals surface area contributed by atoms with E-state index in [-0.39, 0.29) is 23.6 Å². The normalized spacial score (nSPS) is 11.3. The lowest BCUT2D eigenvalue weighted by Crippen LogP contribution is -2.44. The zero-order valence-corrected chi connectivity index (χ0v) is 18.9. The van der Waals surface area contributed by atoms with Gasteiger partial charge in [0, 0.05) is 18.4 Å². The summed E-state index contributed by atoms with van der Waals surface area (Å²) in [7, 11) is 0. The van der Waals surface area contributed by atoms with Crippen LogP contribution in [0, 0.1) is 0 Å². The van der Waals surface area contributed by atoms with Gasteiger partial charge in [0.25, 0.3) is 11.5 Å². The van der Waals surface area contributed by atoms with Crippen molar-refractivity contribution in [1.29, 1.82) is 0 Å². The molecule has 0 atom stereocenters. The number of nitrogens with one attached hydrogen (secondary N) is 2. The second-order valence-electron chi connectivity index (χ2n) is 8.56. The Kier molecular flexibility index (Phi) is 7.41. The Balaban J connectivity index is 1.75. The first-order valence-corrected chi connectivity index (χ1v) is 11.0. The number of unbranched alkanes of at least 4 members (excludes halogenated alkanes) is 2. The van der Waals surface area contributed by atoms with Crippen molar-refractivity contribution in [2.45, 2.75) is 58.4 Å². The highest BCUT2D eigenvalue weighted by atomic mass is 16.2. The molecule has 0 bridgehead atoms. The van der Waals surface area contributed by atoms with E-state index < -0.39 is 11.3 Å². The molecule has 7 nitrogen and oxygen atoms in total. The number of carbonyl (C=O) groups is 2. The summed E-state index contributed by atoms with van der Waals surface area (Å²) in [6, 6.07) is 16.6. The fourth-order valence-corrected chi connectivity index (χ4v) is 3.69. The number of hydrogen-bond donors (Lipinski definition) is 2. The minimum absolute atomic E-state index is 0.110. The second kappa shape index (κ2) is 10.2. The molecule has 0 radical (unpaired) electrons. The summed E-state index contributed by atoms with van der Waals surface area (Å²) in [5, 5.41) is 5.20. The highest BCUT2D eigenvalue weighted by molar-refractivity contribution is 6.05. The number of aromatic nitrogens is 2. The van der Waals surface area contributed by atoms with Crippen LogP contribution < -0.4 is 16.4 Å². The Morgan fingerprint density at radius 3 is 2.28 bits per heavy atom. The van der Waals surface area contributed by atoms with Gasteiger partial charge in [0.1, 0.15) is 0 Å². The van der Waals surface area contributed by atoms with Crippen molar-refractivity contribution in [2.24, 2.45) is 0 Å². The molecular weight excluding hydrogens is 404 g/mol. The van der Waals surface area contributed by atoms with Crippen LogP contribution in [0.3, 0.4) is 0 Å². The highest BCUT2D eigenvalue weighted by Gasteiger charge is 2.25. The van der Waals surface area contributed by atoms with Gasteiger partial charge in [-0.1, -0.05) is 82.1 Å². The molecule has 0 aliphatic heterocycles. The minimum Gasteiger partial charge on any atom is -0.273 e. The summed E-state index contributed by atoms with van der Waals surface area (Å²) >= 11 is 0. The van der Waals surface area contributed by atoms with Gasteiger partial charge < -0.3 is 0 Å². The van der Waals surface area contributed by atoms with Crippen LogP contribution in [-0.2, 0) is 16.8 Å². The van der Waals surface area contributed by atoms with Crippen molar-refractivity contribution in [2.75, 3.05) is 0 Å². The van der Waals surface area contributed by atoms with Crippen molar-refractivity contribution < 1.29 is 9.59 Å². The van der Waals surface area contributed by atoms with Crippen LogP contribution in [-0.4, -0.2) is 21.6 Å². The number of hydrogen-bond acceptors (Lipinski definition) is 4. The van der Waals surface area contributed by atoms with Crippen LogP contribution in [0.1, 0.15) is 62.5 Å². The molecule has 0 aliphatic rings. The molecule has 1 aromatic heterocycles. The molecule has 0 unspecified atom stereocenters. The van der Waals surface area contributed by atoms with Gasteiger partial charge in [-0.3, -0.25) is 25.2 Å². The third-order valence-corrected chi connectivity index (χ3v) is 5.53. The van der Waals surface area contributed by atoms with Crippen LogP contribution in [0.15, 0.2) is 59.4 Å². The molecule has 1 heterocycles. The van der Waals surface area contributed by atoms with Gasteiger partial charge in [-0.2, -0.15) is 5.10 Å². The number of carbonyl (C=O) groups excluding carboxylic acids is 2. The third kappa shape index (κ3) is 5.41. The van der Waals surface area contributed by atoms with Gasteiger partial charge in [0.05, 0.1) is 5.39 Å². The van der Waals surface area contributed by atoms with Crippen LogP contribution in [0.4, 0.5) is 0 Å². The Bertz CT molecular complexity index is 1150. The molecule has 0 aliphatic carbocycles. The molecule has 0 saturated heterocycles. The molecule has 2 amide bonds. The van der Waals surface area contributed by atoms with E-state index in [1.165, 1.54) is 4.68 Å². The number of nitrogens with zero attached hydrogens (tertiary/aromatic N) is 2. The standard InChI is InChI=1S/C25H30N4O3/c1-4-5-11-16-29-24(32)20-15-10-9-14-19(20)22(28-29)23(31)27-26-21(30)17-25(2,3)18-12-7-6-8-13-18/h6-10,12-15H,4-5,11,16-17H2,1-3H3,(H,26,30)(H,27,31). The molecule has 2 aromatic carbocycles. The Morgan fingerprint density at radius 2 is 1.59 bits per heavy atom. The lowest BCUT2D eigenvalue weighted by Gasteiger charge is -2.24. The number of fused-ring (bicyclic) bond motifs is 1. The highest BCUT2D eigenvalue weighted by Crippen LogP contribution is 2.26. The quantitative estimate of drug-likeness (QED) is 0.417. The van der Waals surface area contributed by atoms with Crippen molar-refractivity contribution in [3.8, 4) is 0 Å². The largest absolute Gasteiger partial charge is 0.290 e. The topological polar surface area (TPSA) is 93.1 Å². The van der Waals surface area contributed by atoms with Crippen molar-refractivity contribution in [1.82, 2.24) is 20.6 Å². The van der Waals surface area contributed by atoms with Crippen LogP contribution >= 0.6 is 0 Å². The van der Waals surface area contributed by atoms with Crippen LogP contribution in [0.5, 0.6) is 0 Å². The lowest BCUT2D eigenvalue weighted by molar-refractivity contribution is -0.122. The van der Waals surface area contributed by atoms with Crippen molar-refractivity contribution >= 4 is 22.6 Å². The minimum atomic E-state index is -0.559. The molecular formula is C25H30N4O3. The maximum atomic E-state index is 12.9. The zero-order chi connectivity index (χ0) is 23.1. The number of aryl methyl sites for hydroxylation is 1. The summed E-state index contributed by atoms with van der Waals surface area (Å²) in [4.78, 5) is 38.2. The monoisotopic (exact) mass is 434 g/mol. The Morgan fingerprint density at radius 1 is 0.938 bits per heavy atom. The maximum Gasteiger partial charge on any atom is 0.290 e. The second-order valence-corrected chi connectivity index (χ2v) is 8.56. The first kappa shape index (κ1) is 23.2. The summed E-state index contributed by atoms with van der Waals surface area (Å²) < 4.78 is 1.34. The first-order valence-electron chi connectivity index (χ1n) is 11.0. The molecule has 3 rings (SSSR count). The zero-order valence-electron chi connectivity index (χ0n) is 18.9. The van der Waals surface area contributed by atoms with Crippen molar-refractivity contribution in [3.05, 3.63) is 76.2 Å². The van der Waals surface area contributed by atoms with E-state index in [0.717, 1.165) is 24.8 Å². The van der Waals surface area contributed by atoms with E-state index in [1.807, 2.05) is 44.2 Å². The number of amides is 2. The number of rotatable bonds is 8. The van der Waals surface area contributed by atoms with Gasteiger partial charge in [-0.05, 0) is 23.5 Å². The average molecular weight is 435 g/mol.